The van der Waals surface area contributed by atoms with E-state index >= 15 is 0 Å². The van der Waals surface area contributed by atoms with E-state index in [2.05, 4.69) is 9.97 Å². The lowest BCUT2D eigenvalue weighted by Crippen LogP contribution is -2.58. The molecule has 1 unspecified atom stereocenters. The standard InChI is InChI=1S/C11H17N3O4/c1-10(2,3)18-9(17)11(12,8(15)16)4-7-5-13-6-14-7/h5-6H,4,12H2,1-3H3,(H,13,14)(H,15,16). The molecular formula is C11H17N3O4. The molecular weight excluding hydrogens is 238 g/mol. The average molecular weight is 255 g/mol. The summed E-state index contributed by atoms with van der Waals surface area (Å²) in [7, 11) is 0. The molecule has 100 valence electrons. The van der Waals surface area contributed by atoms with E-state index in [1.165, 1.54) is 12.5 Å². The molecule has 1 aromatic heterocycles. The monoisotopic (exact) mass is 255 g/mol. The van der Waals surface area contributed by atoms with Gasteiger partial charge in [0.15, 0.2) is 0 Å². The Bertz CT molecular complexity index is 436. The predicted octanol–water partition coefficient (Wildman–Crippen LogP) is 0.0760. The molecule has 1 aromatic rings. The molecule has 0 spiro atoms. The summed E-state index contributed by atoms with van der Waals surface area (Å²) in [6.07, 6.45) is 2.58. The SMILES string of the molecule is CC(C)(C)OC(=O)C(N)(Cc1cnc[nH]1)C(=O)O. The third-order valence-corrected chi connectivity index (χ3v) is 2.17. The molecule has 1 rings (SSSR count). The number of carboxylic acids is 1. The first-order valence-corrected chi connectivity index (χ1v) is 5.38. The number of H-pyrrole nitrogens is 1. The molecule has 0 bridgehead atoms. The number of aliphatic carboxylic acids is 1. The first-order valence-electron chi connectivity index (χ1n) is 5.38. The van der Waals surface area contributed by atoms with E-state index < -0.39 is 23.1 Å². The van der Waals surface area contributed by atoms with E-state index in [0.29, 0.717) is 5.69 Å². The molecule has 7 heteroatoms. The van der Waals surface area contributed by atoms with Gasteiger partial charge >= 0.3 is 11.9 Å². The zero-order chi connectivity index (χ0) is 14.0. The van der Waals surface area contributed by atoms with Crippen LogP contribution in [0.25, 0.3) is 0 Å². The van der Waals surface area contributed by atoms with E-state index in [9.17, 15) is 9.59 Å². The normalized spacial score (nSPS) is 14.9. The van der Waals surface area contributed by atoms with Crippen molar-refractivity contribution >= 4 is 11.9 Å². The summed E-state index contributed by atoms with van der Waals surface area (Å²) < 4.78 is 5.03. The number of ether oxygens (including phenoxy) is 1. The molecule has 1 atom stereocenters. The lowest BCUT2D eigenvalue weighted by atomic mass is 9.94. The van der Waals surface area contributed by atoms with Crippen LogP contribution < -0.4 is 5.73 Å². The van der Waals surface area contributed by atoms with Crippen LogP contribution in [0.4, 0.5) is 0 Å². The molecule has 0 saturated carbocycles. The molecule has 18 heavy (non-hydrogen) atoms. The second-order valence-electron chi connectivity index (χ2n) is 5.03. The van der Waals surface area contributed by atoms with E-state index in [4.69, 9.17) is 15.6 Å². The quantitative estimate of drug-likeness (QED) is 0.517. The summed E-state index contributed by atoms with van der Waals surface area (Å²) >= 11 is 0. The van der Waals surface area contributed by atoms with Crippen LogP contribution in [-0.2, 0) is 20.7 Å². The van der Waals surface area contributed by atoms with Crippen LogP contribution in [0.1, 0.15) is 26.5 Å². The van der Waals surface area contributed by atoms with Crippen molar-refractivity contribution in [2.45, 2.75) is 38.3 Å². The number of nitrogens with two attached hydrogens (primary N) is 1. The van der Waals surface area contributed by atoms with Gasteiger partial charge < -0.3 is 20.6 Å². The lowest BCUT2D eigenvalue weighted by molar-refractivity contribution is -0.169. The number of carbonyl (C=O) groups is 2. The summed E-state index contributed by atoms with van der Waals surface area (Å²) in [5, 5.41) is 9.14. The van der Waals surface area contributed by atoms with Crippen molar-refractivity contribution in [2.75, 3.05) is 0 Å². The van der Waals surface area contributed by atoms with Gasteiger partial charge in [-0.25, -0.2) is 14.6 Å². The zero-order valence-electron chi connectivity index (χ0n) is 10.6. The van der Waals surface area contributed by atoms with E-state index in [-0.39, 0.29) is 6.42 Å². The number of nitrogens with zero attached hydrogens (tertiary/aromatic N) is 1. The van der Waals surface area contributed by atoms with Crippen LogP contribution in [0.15, 0.2) is 12.5 Å². The van der Waals surface area contributed by atoms with Crippen molar-refractivity contribution < 1.29 is 19.4 Å². The largest absolute Gasteiger partial charge is 0.479 e. The molecule has 0 aliphatic heterocycles. The number of rotatable bonds is 4. The Kier molecular flexibility index (Phi) is 3.76. The van der Waals surface area contributed by atoms with Crippen molar-refractivity contribution in [1.82, 2.24) is 9.97 Å². The first kappa shape index (κ1) is 14.2. The van der Waals surface area contributed by atoms with Gasteiger partial charge in [-0.2, -0.15) is 0 Å². The van der Waals surface area contributed by atoms with E-state index in [1.807, 2.05) is 0 Å². The molecule has 7 nitrogen and oxygen atoms in total. The van der Waals surface area contributed by atoms with Crippen LogP contribution in [0, 0.1) is 0 Å². The second kappa shape index (κ2) is 4.77. The lowest BCUT2D eigenvalue weighted by Gasteiger charge is -2.27. The van der Waals surface area contributed by atoms with E-state index in [0.717, 1.165) is 0 Å². The predicted molar refractivity (Wildman–Crippen MR) is 62.7 cm³/mol. The van der Waals surface area contributed by atoms with Crippen molar-refractivity contribution in [1.29, 1.82) is 0 Å². The molecule has 0 amide bonds. The molecule has 4 N–H and O–H groups in total. The summed E-state index contributed by atoms with van der Waals surface area (Å²) in [5.74, 6) is -2.41. The second-order valence-corrected chi connectivity index (χ2v) is 5.03. The molecule has 0 fully saturated rings. The van der Waals surface area contributed by atoms with Crippen LogP contribution in [0.2, 0.25) is 0 Å². The maximum atomic E-state index is 11.9. The van der Waals surface area contributed by atoms with Gasteiger partial charge in [-0.15, -0.1) is 0 Å². The maximum Gasteiger partial charge on any atom is 0.338 e. The Hall–Kier alpha value is -1.89. The Morgan fingerprint density at radius 2 is 2.11 bits per heavy atom. The highest BCUT2D eigenvalue weighted by atomic mass is 16.6. The third-order valence-electron chi connectivity index (χ3n) is 2.17. The van der Waals surface area contributed by atoms with Crippen molar-refractivity contribution in [3.63, 3.8) is 0 Å². The minimum Gasteiger partial charge on any atom is -0.479 e. The third kappa shape index (κ3) is 3.30. The van der Waals surface area contributed by atoms with Gasteiger partial charge in [-0.05, 0) is 20.8 Å². The average Bonchev–Trinajstić information content (AvgIpc) is 2.66. The fourth-order valence-corrected chi connectivity index (χ4v) is 1.29. The number of nitrogens with one attached hydrogen (secondary N) is 1. The van der Waals surface area contributed by atoms with Crippen molar-refractivity contribution in [3.8, 4) is 0 Å². The van der Waals surface area contributed by atoms with Gasteiger partial charge in [-0.3, -0.25) is 0 Å². The van der Waals surface area contributed by atoms with Crippen LogP contribution in [0.5, 0.6) is 0 Å². The molecule has 0 aliphatic rings. The van der Waals surface area contributed by atoms with Crippen molar-refractivity contribution in [3.05, 3.63) is 18.2 Å². The zero-order valence-corrected chi connectivity index (χ0v) is 10.6. The highest BCUT2D eigenvalue weighted by Crippen LogP contribution is 2.16. The highest BCUT2D eigenvalue weighted by Gasteiger charge is 2.46. The minimum atomic E-state index is -2.13. The van der Waals surface area contributed by atoms with Crippen LogP contribution in [-0.4, -0.2) is 38.2 Å². The molecule has 0 aliphatic carbocycles. The van der Waals surface area contributed by atoms with Gasteiger partial charge in [0.25, 0.3) is 0 Å². The van der Waals surface area contributed by atoms with Gasteiger partial charge in [-0.1, -0.05) is 0 Å². The molecule has 1 heterocycles. The smallest absolute Gasteiger partial charge is 0.338 e. The fourth-order valence-electron chi connectivity index (χ4n) is 1.29. The molecule has 0 radical (unpaired) electrons. The summed E-state index contributed by atoms with van der Waals surface area (Å²) in [6, 6.07) is 0. The highest BCUT2D eigenvalue weighted by molar-refractivity contribution is 6.04. The number of carbonyl (C=O) groups excluding carboxylic acids is 1. The van der Waals surface area contributed by atoms with E-state index in [1.54, 1.807) is 20.8 Å². The summed E-state index contributed by atoms with van der Waals surface area (Å²) in [5.41, 5.74) is 3.19. The number of hydrogen-bond acceptors (Lipinski definition) is 5. The number of aromatic nitrogens is 2. The first-order chi connectivity index (χ1) is 8.15. The fraction of sp³-hybridized carbons (Fsp3) is 0.545. The van der Waals surface area contributed by atoms with Gasteiger partial charge in [0.05, 0.1) is 6.33 Å². The topological polar surface area (TPSA) is 118 Å². The Morgan fingerprint density at radius 1 is 1.50 bits per heavy atom. The van der Waals surface area contributed by atoms with Gasteiger partial charge in [0.2, 0.25) is 5.54 Å². The van der Waals surface area contributed by atoms with Crippen molar-refractivity contribution in [2.24, 2.45) is 5.73 Å². The number of esters is 1. The number of carboxylic acid groups (broad SMARTS) is 1. The minimum absolute atomic E-state index is 0.211. The Balaban J connectivity index is 2.93. The molecule has 0 saturated heterocycles. The summed E-state index contributed by atoms with van der Waals surface area (Å²) in [6.45, 7) is 4.93. The van der Waals surface area contributed by atoms with Gasteiger partial charge in [0.1, 0.15) is 5.60 Å². The summed E-state index contributed by atoms with van der Waals surface area (Å²) in [4.78, 5) is 29.5. The number of aromatic amines is 1. The Morgan fingerprint density at radius 3 is 2.50 bits per heavy atom. The van der Waals surface area contributed by atoms with Crippen LogP contribution in [0.3, 0.4) is 0 Å². The maximum absolute atomic E-state index is 11.9. The molecule has 0 aromatic carbocycles. The Labute approximate surface area is 104 Å². The van der Waals surface area contributed by atoms with Gasteiger partial charge in [0, 0.05) is 18.3 Å². The number of imidazole rings is 1. The number of hydrogen-bond donors (Lipinski definition) is 3. The van der Waals surface area contributed by atoms with Crippen LogP contribution >= 0.6 is 0 Å².